The first-order valence-corrected chi connectivity index (χ1v) is 16.2. The molecule has 1 saturated carbocycles. The second-order valence-corrected chi connectivity index (χ2v) is 12.6. The Kier molecular flexibility index (Phi) is 9.30. The van der Waals surface area contributed by atoms with E-state index in [0.717, 1.165) is 29.7 Å². The molecule has 11 heteroatoms. The maximum absolute atomic E-state index is 13.8. The third-order valence-corrected chi connectivity index (χ3v) is 8.88. The predicted octanol–water partition coefficient (Wildman–Crippen LogP) is 4.29. The van der Waals surface area contributed by atoms with Crippen LogP contribution in [0.1, 0.15) is 73.3 Å². The summed E-state index contributed by atoms with van der Waals surface area (Å²) in [6, 6.07) is 14.8. The lowest BCUT2D eigenvalue weighted by atomic mass is 10.1. The third kappa shape index (κ3) is 7.04. The van der Waals surface area contributed by atoms with E-state index in [1.54, 1.807) is 21.6 Å². The molecule has 1 aliphatic carbocycles. The Labute approximate surface area is 269 Å². The Morgan fingerprint density at radius 3 is 2.63 bits per heavy atom. The monoisotopic (exact) mass is 629 g/mol. The van der Waals surface area contributed by atoms with E-state index in [0.29, 0.717) is 42.5 Å². The first kappa shape index (κ1) is 31.6. The van der Waals surface area contributed by atoms with Crippen LogP contribution < -0.4 is 14.8 Å². The van der Waals surface area contributed by atoms with Gasteiger partial charge in [0.25, 0.3) is 5.91 Å². The van der Waals surface area contributed by atoms with Gasteiger partial charge in [-0.2, -0.15) is 5.10 Å². The molecule has 0 spiro atoms. The maximum atomic E-state index is 13.8. The van der Waals surface area contributed by atoms with Gasteiger partial charge in [-0.25, -0.2) is 0 Å². The topological polar surface area (TPSA) is 115 Å². The zero-order valence-electron chi connectivity index (χ0n) is 27.0. The predicted molar refractivity (Wildman–Crippen MR) is 171 cm³/mol. The van der Waals surface area contributed by atoms with Crippen LogP contribution in [-0.4, -0.2) is 82.2 Å². The maximum Gasteiger partial charge on any atom is 0.272 e. The van der Waals surface area contributed by atoms with Crippen molar-refractivity contribution in [3.8, 4) is 17.2 Å². The number of fused-ring (bicyclic) bond motifs is 9. The van der Waals surface area contributed by atoms with E-state index < -0.39 is 12.1 Å². The zero-order chi connectivity index (χ0) is 32.4. The van der Waals surface area contributed by atoms with Gasteiger partial charge in [-0.1, -0.05) is 32.0 Å². The highest BCUT2D eigenvalue weighted by Crippen LogP contribution is 2.34. The van der Waals surface area contributed by atoms with Crippen molar-refractivity contribution in [2.24, 2.45) is 0 Å². The number of carbonyl (C=O) groups is 3. The number of nitrogens with zero attached hydrogens (tertiary/aromatic N) is 4. The molecule has 3 aliphatic heterocycles. The van der Waals surface area contributed by atoms with Crippen molar-refractivity contribution in [1.29, 1.82) is 0 Å². The van der Waals surface area contributed by atoms with E-state index in [4.69, 9.17) is 14.2 Å². The van der Waals surface area contributed by atoms with Gasteiger partial charge in [-0.3, -0.25) is 19.1 Å². The number of rotatable bonds is 5. The van der Waals surface area contributed by atoms with Crippen LogP contribution in [0.4, 0.5) is 0 Å². The number of likely N-dealkylation sites (tertiary alicyclic amines) is 1. The quantitative estimate of drug-likeness (QED) is 0.448. The highest BCUT2D eigenvalue weighted by atomic mass is 16.5. The summed E-state index contributed by atoms with van der Waals surface area (Å²) < 4.78 is 20.0. The van der Waals surface area contributed by atoms with Gasteiger partial charge in [0.1, 0.15) is 11.4 Å². The first-order valence-electron chi connectivity index (χ1n) is 16.2. The molecule has 0 unspecified atom stereocenters. The molecular weight excluding hydrogens is 586 g/mol. The number of hydrogen-bond acceptors (Lipinski definition) is 7. The fourth-order valence-electron chi connectivity index (χ4n) is 6.13. The molecule has 0 radical (unpaired) electrons. The minimum Gasteiger partial charge on any atom is -0.493 e. The molecule has 244 valence electrons. The van der Waals surface area contributed by atoms with Crippen molar-refractivity contribution in [3.63, 3.8) is 0 Å². The van der Waals surface area contributed by atoms with Crippen LogP contribution >= 0.6 is 0 Å². The van der Waals surface area contributed by atoms with Crippen LogP contribution in [0.15, 0.2) is 48.5 Å². The number of carbonyl (C=O) groups excluding carboxylic acids is 3. The molecule has 2 fully saturated rings. The highest BCUT2D eigenvalue weighted by molar-refractivity contribution is 5.93. The Hall–Kier alpha value is -4.38. The number of benzene rings is 2. The lowest BCUT2D eigenvalue weighted by Gasteiger charge is -2.25. The van der Waals surface area contributed by atoms with Crippen LogP contribution in [0.25, 0.3) is 0 Å². The summed E-state index contributed by atoms with van der Waals surface area (Å²) in [6.07, 6.45) is 2.10. The van der Waals surface area contributed by atoms with Crippen molar-refractivity contribution >= 4 is 17.7 Å². The molecule has 3 amide bonds. The molecule has 4 heterocycles. The Balaban J connectivity index is 1.27. The molecule has 2 aromatic carbocycles. The smallest absolute Gasteiger partial charge is 0.272 e. The molecule has 46 heavy (non-hydrogen) atoms. The minimum atomic E-state index is -0.459. The standard InChI is InChI=1S/C35H43N5O6/c1-5-40-29(17-27(37-40)22(2)3)35(43)38-18-28-32(19-38)45-21-24-7-6-8-26(15-24)46-30-13-9-23(16-31(30)44-4)10-14-34(42)39(25-11-12-25)20-33(41)36-28/h6-9,13,15-17,22,25,28,32H,5,10-12,14,18-21H2,1-4H3,(H,36,41)/t28-,32-/m0/s1. The number of nitrogens with one attached hydrogen (secondary N) is 1. The largest absolute Gasteiger partial charge is 0.493 e. The number of aromatic nitrogens is 2. The van der Waals surface area contributed by atoms with Crippen molar-refractivity contribution in [2.45, 2.75) is 83.7 Å². The molecule has 4 bridgehead atoms. The summed E-state index contributed by atoms with van der Waals surface area (Å²) in [5, 5.41) is 7.74. The number of methoxy groups -OCH3 is 1. The highest BCUT2D eigenvalue weighted by Gasteiger charge is 2.40. The lowest BCUT2D eigenvalue weighted by Crippen LogP contribution is -2.49. The molecule has 1 N–H and O–H groups in total. The second kappa shape index (κ2) is 13.5. The Morgan fingerprint density at radius 1 is 1.07 bits per heavy atom. The van der Waals surface area contributed by atoms with Gasteiger partial charge in [0.2, 0.25) is 11.8 Å². The average molecular weight is 630 g/mol. The second-order valence-electron chi connectivity index (χ2n) is 12.6. The van der Waals surface area contributed by atoms with E-state index in [1.165, 1.54) is 0 Å². The van der Waals surface area contributed by atoms with Crippen molar-refractivity contribution in [2.75, 3.05) is 26.7 Å². The fraction of sp³-hybridized carbons (Fsp3) is 0.486. The summed E-state index contributed by atoms with van der Waals surface area (Å²) in [5.41, 5.74) is 3.22. The zero-order valence-corrected chi connectivity index (χ0v) is 27.0. The van der Waals surface area contributed by atoms with E-state index in [9.17, 15) is 14.4 Å². The molecule has 4 aliphatic rings. The summed E-state index contributed by atoms with van der Waals surface area (Å²) in [5.74, 6) is 1.50. The minimum absolute atomic E-state index is 0.0286. The Bertz CT molecular complexity index is 1600. The van der Waals surface area contributed by atoms with E-state index in [2.05, 4.69) is 24.3 Å². The molecule has 2 atom stereocenters. The number of ether oxygens (including phenoxy) is 3. The van der Waals surface area contributed by atoms with E-state index >= 15 is 0 Å². The van der Waals surface area contributed by atoms with Crippen LogP contribution in [0.2, 0.25) is 0 Å². The van der Waals surface area contributed by atoms with Gasteiger partial charge in [0, 0.05) is 32.1 Å². The van der Waals surface area contributed by atoms with Gasteiger partial charge in [0.05, 0.1) is 38.1 Å². The normalized spacial score (nSPS) is 20.9. The molecule has 3 aromatic rings. The summed E-state index contributed by atoms with van der Waals surface area (Å²) in [7, 11) is 1.59. The molecule has 11 nitrogen and oxygen atoms in total. The van der Waals surface area contributed by atoms with Gasteiger partial charge < -0.3 is 29.3 Å². The van der Waals surface area contributed by atoms with E-state index in [1.807, 2.05) is 55.5 Å². The van der Waals surface area contributed by atoms with Crippen LogP contribution in [-0.2, 0) is 33.9 Å². The van der Waals surface area contributed by atoms with E-state index in [-0.39, 0.29) is 55.8 Å². The van der Waals surface area contributed by atoms with Gasteiger partial charge in [-0.05, 0) is 73.6 Å². The van der Waals surface area contributed by atoms with Crippen LogP contribution in [0.3, 0.4) is 0 Å². The summed E-state index contributed by atoms with van der Waals surface area (Å²) in [4.78, 5) is 44.1. The summed E-state index contributed by atoms with van der Waals surface area (Å²) >= 11 is 0. The Morgan fingerprint density at radius 2 is 1.89 bits per heavy atom. The molecular formula is C35H43N5O6. The third-order valence-electron chi connectivity index (χ3n) is 8.88. The number of amides is 3. The molecule has 1 aromatic heterocycles. The van der Waals surface area contributed by atoms with Gasteiger partial charge >= 0.3 is 0 Å². The molecule has 7 rings (SSSR count). The van der Waals surface area contributed by atoms with Gasteiger partial charge in [0.15, 0.2) is 11.5 Å². The van der Waals surface area contributed by atoms with Gasteiger partial charge in [-0.15, -0.1) is 0 Å². The van der Waals surface area contributed by atoms with Crippen molar-refractivity contribution < 1.29 is 28.6 Å². The summed E-state index contributed by atoms with van der Waals surface area (Å²) in [6.45, 7) is 7.45. The van der Waals surface area contributed by atoms with Crippen molar-refractivity contribution in [3.05, 3.63) is 71.0 Å². The van der Waals surface area contributed by atoms with Crippen LogP contribution in [0.5, 0.6) is 17.2 Å². The first-order chi connectivity index (χ1) is 22.2. The SMILES string of the molecule is CCn1nc(C(C)C)cc1C(=O)N1C[C@@H]2NC(=O)CN(C3CC3)C(=O)CCc3ccc(c(OC)c3)Oc3cccc(c3)CO[C@H]2C1. The average Bonchev–Trinajstić information content (AvgIpc) is 3.67. The fourth-order valence-corrected chi connectivity index (χ4v) is 6.13. The van der Waals surface area contributed by atoms with Crippen LogP contribution in [0, 0.1) is 0 Å². The van der Waals surface area contributed by atoms with Crippen molar-refractivity contribution in [1.82, 2.24) is 24.9 Å². The molecule has 1 saturated heterocycles. The number of hydrogen-bond donors (Lipinski definition) is 1. The number of aryl methyl sites for hydroxylation is 2. The lowest BCUT2D eigenvalue weighted by molar-refractivity contribution is -0.137.